The summed E-state index contributed by atoms with van der Waals surface area (Å²) in [4.78, 5) is 2.55. The Bertz CT molecular complexity index is 2990. The van der Waals surface area contributed by atoms with Gasteiger partial charge in [0.1, 0.15) is 0 Å². The quantitative estimate of drug-likeness (QED) is 0.164. The molecule has 0 unspecified atom stereocenters. The zero-order chi connectivity index (χ0) is 39.6. The van der Waals surface area contributed by atoms with Gasteiger partial charge in [0.2, 0.25) is 0 Å². The largest absolute Gasteiger partial charge is 0.309 e. The third-order valence-electron chi connectivity index (χ3n) is 12.4. The van der Waals surface area contributed by atoms with Gasteiger partial charge in [0.15, 0.2) is 0 Å². The summed E-state index contributed by atoms with van der Waals surface area (Å²) in [6.07, 6.45) is 0. The van der Waals surface area contributed by atoms with Crippen molar-refractivity contribution in [2.45, 2.75) is 45.4 Å². The highest BCUT2D eigenvalue weighted by molar-refractivity contribution is 6.12. The molecule has 58 heavy (non-hydrogen) atoms. The van der Waals surface area contributed by atoms with Crippen molar-refractivity contribution >= 4 is 38.6 Å². The van der Waals surface area contributed by atoms with E-state index in [0.29, 0.717) is 0 Å². The van der Waals surface area contributed by atoms with Crippen molar-refractivity contribution in [1.82, 2.24) is 0 Å². The van der Waals surface area contributed by atoms with E-state index in [0.717, 1.165) is 17.1 Å². The van der Waals surface area contributed by atoms with Gasteiger partial charge in [0.05, 0.1) is 11.4 Å². The molecule has 1 aliphatic carbocycles. The second-order valence-electron chi connectivity index (χ2n) is 17.4. The molecule has 9 aromatic carbocycles. The van der Waals surface area contributed by atoms with Crippen LogP contribution in [0.4, 0.5) is 17.1 Å². The summed E-state index contributed by atoms with van der Waals surface area (Å²) in [6, 6.07) is 72.2. The van der Waals surface area contributed by atoms with Gasteiger partial charge in [0.25, 0.3) is 0 Å². The first-order valence-electron chi connectivity index (χ1n) is 20.5. The van der Waals surface area contributed by atoms with Crippen molar-refractivity contribution in [3.63, 3.8) is 0 Å². The fourth-order valence-electron chi connectivity index (χ4n) is 9.33. The molecule has 1 heteroatoms. The van der Waals surface area contributed by atoms with Crippen LogP contribution in [0.25, 0.3) is 66.1 Å². The highest BCUT2D eigenvalue weighted by Crippen LogP contribution is 2.53. The van der Waals surface area contributed by atoms with E-state index in [1.165, 1.54) is 82.7 Å². The Morgan fingerprint density at radius 2 is 0.983 bits per heavy atom. The fourth-order valence-corrected chi connectivity index (χ4v) is 9.33. The van der Waals surface area contributed by atoms with Gasteiger partial charge in [0, 0.05) is 22.2 Å². The average Bonchev–Trinajstić information content (AvgIpc) is 3.49. The van der Waals surface area contributed by atoms with E-state index in [2.05, 4.69) is 234 Å². The third kappa shape index (κ3) is 5.93. The molecule has 0 N–H and O–H groups in total. The third-order valence-corrected chi connectivity index (χ3v) is 12.4. The van der Waals surface area contributed by atoms with E-state index >= 15 is 0 Å². The molecule has 0 aliphatic heterocycles. The van der Waals surface area contributed by atoms with Crippen molar-refractivity contribution in [2.75, 3.05) is 4.90 Å². The number of fused-ring (bicyclic) bond motifs is 5. The van der Waals surface area contributed by atoms with Crippen LogP contribution in [0.15, 0.2) is 194 Å². The molecule has 0 saturated carbocycles. The molecule has 0 bridgehead atoms. The summed E-state index contributed by atoms with van der Waals surface area (Å²) in [7, 11) is 0. The number of benzene rings is 9. The lowest BCUT2D eigenvalue weighted by Gasteiger charge is -2.32. The summed E-state index contributed by atoms with van der Waals surface area (Å²) < 4.78 is 0. The van der Waals surface area contributed by atoms with Crippen molar-refractivity contribution in [3.05, 3.63) is 211 Å². The smallest absolute Gasteiger partial charge is 0.0546 e. The second-order valence-corrected chi connectivity index (χ2v) is 17.4. The minimum atomic E-state index is -0.0909. The predicted molar refractivity (Wildman–Crippen MR) is 249 cm³/mol. The zero-order valence-electron chi connectivity index (χ0n) is 33.9. The molecular formula is C57H47N. The van der Waals surface area contributed by atoms with Crippen LogP contribution >= 0.6 is 0 Å². The summed E-state index contributed by atoms with van der Waals surface area (Å²) in [5.41, 5.74) is 17.2. The number of rotatable bonds is 6. The highest BCUT2D eigenvalue weighted by Gasteiger charge is 2.36. The Hall–Kier alpha value is -6.70. The first-order valence-corrected chi connectivity index (χ1v) is 20.5. The SMILES string of the molecule is CC(C)(C)c1ccc(N(c2ccc3c(c2)-c2ccccc2C3(C)C)c2ccc3ccccc3c2-c2cccc3ccccc23)c(-c2ccc(-c3ccccc3)cc2)c1. The average molecular weight is 746 g/mol. The first-order chi connectivity index (χ1) is 28.2. The molecule has 0 saturated heterocycles. The van der Waals surface area contributed by atoms with Crippen molar-refractivity contribution in [1.29, 1.82) is 0 Å². The van der Waals surface area contributed by atoms with Crippen LogP contribution in [0.3, 0.4) is 0 Å². The molecule has 0 fully saturated rings. The topological polar surface area (TPSA) is 3.24 Å². The maximum atomic E-state index is 2.55. The van der Waals surface area contributed by atoms with Gasteiger partial charge in [-0.2, -0.15) is 0 Å². The molecule has 0 radical (unpaired) electrons. The van der Waals surface area contributed by atoms with Crippen LogP contribution in [0.2, 0.25) is 0 Å². The minimum Gasteiger partial charge on any atom is -0.309 e. The van der Waals surface area contributed by atoms with Gasteiger partial charge >= 0.3 is 0 Å². The predicted octanol–water partition coefficient (Wildman–Crippen LogP) is 16.1. The lowest BCUT2D eigenvalue weighted by Crippen LogP contribution is -2.17. The molecule has 0 aromatic heterocycles. The summed E-state index contributed by atoms with van der Waals surface area (Å²) in [5, 5.41) is 4.93. The van der Waals surface area contributed by atoms with Crippen molar-refractivity contribution < 1.29 is 0 Å². The first kappa shape index (κ1) is 35.7. The van der Waals surface area contributed by atoms with Gasteiger partial charge in [-0.25, -0.2) is 0 Å². The molecule has 9 aromatic rings. The van der Waals surface area contributed by atoms with Gasteiger partial charge in [-0.15, -0.1) is 0 Å². The Morgan fingerprint density at radius 1 is 0.397 bits per heavy atom. The van der Waals surface area contributed by atoms with E-state index in [-0.39, 0.29) is 10.8 Å². The maximum absolute atomic E-state index is 2.55. The second kappa shape index (κ2) is 13.7. The Labute approximate surface area is 342 Å². The number of nitrogens with zero attached hydrogens (tertiary/aromatic N) is 1. The van der Waals surface area contributed by atoms with Crippen LogP contribution in [0.1, 0.15) is 51.3 Å². The summed E-state index contributed by atoms with van der Waals surface area (Å²) >= 11 is 0. The minimum absolute atomic E-state index is 0.0397. The Kier molecular flexibility index (Phi) is 8.46. The van der Waals surface area contributed by atoms with Crippen LogP contribution in [-0.4, -0.2) is 0 Å². The summed E-state index contributed by atoms with van der Waals surface area (Å²) in [6.45, 7) is 11.6. The van der Waals surface area contributed by atoms with E-state index < -0.39 is 0 Å². The van der Waals surface area contributed by atoms with Crippen LogP contribution in [-0.2, 0) is 10.8 Å². The molecule has 10 rings (SSSR count). The normalized spacial score (nSPS) is 13.1. The molecule has 1 nitrogen and oxygen atoms in total. The molecule has 0 amide bonds. The molecule has 0 atom stereocenters. The van der Waals surface area contributed by atoms with E-state index in [9.17, 15) is 0 Å². The lowest BCUT2D eigenvalue weighted by molar-refractivity contribution is 0.590. The van der Waals surface area contributed by atoms with Gasteiger partial charge in [-0.05, 0) is 107 Å². The van der Waals surface area contributed by atoms with Crippen LogP contribution in [0.5, 0.6) is 0 Å². The van der Waals surface area contributed by atoms with Gasteiger partial charge in [-0.3, -0.25) is 0 Å². The Balaban J connectivity index is 1.29. The maximum Gasteiger partial charge on any atom is 0.0546 e. The Morgan fingerprint density at radius 3 is 1.76 bits per heavy atom. The zero-order valence-corrected chi connectivity index (χ0v) is 33.9. The van der Waals surface area contributed by atoms with E-state index in [1.807, 2.05) is 0 Å². The molecule has 1 aliphatic rings. The van der Waals surface area contributed by atoms with Crippen LogP contribution < -0.4 is 4.90 Å². The van der Waals surface area contributed by atoms with Gasteiger partial charge < -0.3 is 4.90 Å². The molecule has 280 valence electrons. The molecule has 0 heterocycles. The number of anilines is 3. The van der Waals surface area contributed by atoms with Crippen LogP contribution in [0, 0.1) is 0 Å². The number of hydrogen-bond donors (Lipinski definition) is 0. The van der Waals surface area contributed by atoms with Gasteiger partial charge in [-0.1, -0.05) is 198 Å². The van der Waals surface area contributed by atoms with Crippen molar-refractivity contribution in [3.8, 4) is 44.5 Å². The molecule has 0 spiro atoms. The van der Waals surface area contributed by atoms with Crippen molar-refractivity contribution in [2.24, 2.45) is 0 Å². The monoisotopic (exact) mass is 745 g/mol. The van der Waals surface area contributed by atoms with E-state index in [4.69, 9.17) is 0 Å². The highest BCUT2D eigenvalue weighted by atomic mass is 15.1. The fraction of sp³-hybridized carbons (Fsp3) is 0.123. The summed E-state index contributed by atoms with van der Waals surface area (Å²) in [5.74, 6) is 0. The lowest BCUT2D eigenvalue weighted by atomic mass is 9.82. The standard InChI is InChI=1S/C57H47N/c1-56(2,3)43-31-35-53(49(36-43)42-28-26-39(27-29-42)38-16-7-6-8-17-38)58(44-32-33-52-50(37-44)47-23-13-14-25-51(47)57(52,4)5)54-34-30-41-19-10-12-22-46(41)55(54)48-24-15-20-40-18-9-11-21-45(40)48/h6-37H,1-5H3. The van der Waals surface area contributed by atoms with E-state index in [1.54, 1.807) is 0 Å². The number of hydrogen-bond acceptors (Lipinski definition) is 1. The molecular weight excluding hydrogens is 699 g/mol.